The Morgan fingerprint density at radius 3 is 2.63 bits per heavy atom. The molecule has 0 amide bonds. The van der Waals surface area contributed by atoms with E-state index in [4.69, 9.17) is 11.1 Å². The van der Waals surface area contributed by atoms with Gasteiger partial charge >= 0.3 is 0 Å². The molecule has 0 unspecified atom stereocenters. The lowest BCUT2D eigenvalue weighted by atomic mass is 9.85. The summed E-state index contributed by atoms with van der Waals surface area (Å²) in [4.78, 5) is 2.34. The number of hydrogen-bond donors (Lipinski definition) is 2. The SMILES string of the molecule is Cc1nn(C)c(N2CCCC(C)(C)CC2)c1C(=N)N. The highest BCUT2D eigenvalue weighted by Crippen LogP contribution is 2.33. The molecule has 106 valence electrons. The standard InChI is InChI=1S/C14H25N5/c1-10-11(12(15)16)13(18(4)17-10)19-8-5-6-14(2,3)7-9-19/h5-9H2,1-4H3,(H3,15,16). The van der Waals surface area contributed by atoms with Crippen LogP contribution in [0.5, 0.6) is 0 Å². The van der Waals surface area contributed by atoms with Crippen LogP contribution in [0.25, 0.3) is 0 Å². The Balaban J connectivity index is 2.34. The molecule has 0 saturated carbocycles. The molecule has 2 heterocycles. The van der Waals surface area contributed by atoms with Crippen LogP contribution < -0.4 is 10.6 Å². The summed E-state index contributed by atoms with van der Waals surface area (Å²) in [6.07, 6.45) is 3.58. The lowest BCUT2D eigenvalue weighted by molar-refractivity contribution is 0.325. The molecule has 5 nitrogen and oxygen atoms in total. The Bertz CT molecular complexity index is 486. The number of nitrogens with zero attached hydrogens (tertiary/aromatic N) is 3. The van der Waals surface area contributed by atoms with Crippen molar-refractivity contribution < 1.29 is 0 Å². The monoisotopic (exact) mass is 263 g/mol. The molecular weight excluding hydrogens is 238 g/mol. The lowest BCUT2D eigenvalue weighted by Crippen LogP contribution is -2.29. The van der Waals surface area contributed by atoms with Crippen LogP contribution in [0.1, 0.15) is 44.4 Å². The predicted molar refractivity (Wildman–Crippen MR) is 78.8 cm³/mol. The fraction of sp³-hybridized carbons (Fsp3) is 0.714. The summed E-state index contributed by atoms with van der Waals surface area (Å²) in [6, 6.07) is 0. The second-order valence-corrected chi connectivity index (χ2v) is 6.33. The summed E-state index contributed by atoms with van der Waals surface area (Å²) in [6.45, 7) is 8.60. The highest BCUT2D eigenvalue weighted by molar-refractivity contribution is 6.00. The molecule has 1 saturated heterocycles. The Hall–Kier alpha value is -1.52. The van der Waals surface area contributed by atoms with Crippen molar-refractivity contribution in [3.63, 3.8) is 0 Å². The van der Waals surface area contributed by atoms with Crippen LogP contribution in [0.4, 0.5) is 5.82 Å². The van der Waals surface area contributed by atoms with Gasteiger partial charge in [-0.2, -0.15) is 5.10 Å². The minimum Gasteiger partial charge on any atom is -0.384 e. The number of nitrogen functional groups attached to an aromatic ring is 1. The van der Waals surface area contributed by atoms with Crippen LogP contribution in [0.2, 0.25) is 0 Å². The maximum absolute atomic E-state index is 7.78. The van der Waals surface area contributed by atoms with Crippen LogP contribution in [-0.4, -0.2) is 28.7 Å². The Morgan fingerprint density at radius 1 is 1.32 bits per heavy atom. The summed E-state index contributed by atoms with van der Waals surface area (Å²) in [5.41, 5.74) is 7.77. The first kappa shape index (κ1) is 13.9. The van der Waals surface area contributed by atoms with Gasteiger partial charge in [0.2, 0.25) is 0 Å². The van der Waals surface area contributed by atoms with Crippen LogP contribution in [0, 0.1) is 17.7 Å². The molecule has 1 fully saturated rings. The minimum absolute atomic E-state index is 0.115. The van der Waals surface area contributed by atoms with Crippen molar-refractivity contribution in [2.45, 2.75) is 40.0 Å². The fourth-order valence-electron chi connectivity index (χ4n) is 2.96. The van der Waals surface area contributed by atoms with Crippen LogP contribution in [-0.2, 0) is 7.05 Å². The van der Waals surface area contributed by atoms with E-state index in [2.05, 4.69) is 23.8 Å². The topological polar surface area (TPSA) is 70.9 Å². The van der Waals surface area contributed by atoms with Gasteiger partial charge in [-0.3, -0.25) is 10.1 Å². The first-order chi connectivity index (χ1) is 8.82. The average Bonchev–Trinajstić information content (AvgIpc) is 2.47. The zero-order chi connectivity index (χ0) is 14.2. The van der Waals surface area contributed by atoms with E-state index in [1.807, 2.05) is 18.7 Å². The van der Waals surface area contributed by atoms with Crippen molar-refractivity contribution in [2.75, 3.05) is 18.0 Å². The van der Waals surface area contributed by atoms with Crippen molar-refractivity contribution in [3.8, 4) is 0 Å². The average molecular weight is 263 g/mol. The number of aryl methyl sites for hydroxylation is 2. The van der Waals surface area contributed by atoms with Gasteiger partial charge in [-0.25, -0.2) is 0 Å². The summed E-state index contributed by atoms with van der Waals surface area (Å²) in [5, 5.41) is 12.2. The van der Waals surface area contributed by atoms with E-state index >= 15 is 0 Å². The molecule has 0 aliphatic carbocycles. The molecule has 1 aromatic heterocycles. The fourth-order valence-corrected chi connectivity index (χ4v) is 2.96. The summed E-state index contributed by atoms with van der Waals surface area (Å²) < 4.78 is 1.87. The van der Waals surface area contributed by atoms with Crippen molar-refractivity contribution in [1.82, 2.24) is 9.78 Å². The lowest BCUT2D eigenvalue weighted by Gasteiger charge is -2.25. The third-order valence-corrected chi connectivity index (χ3v) is 4.10. The number of hydrogen-bond acceptors (Lipinski definition) is 3. The molecule has 0 bridgehead atoms. The normalized spacial score (nSPS) is 19.3. The number of nitrogens with two attached hydrogens (primary N) is 1. The highest BCUT2D eigenvalue weighted by Gasteiger charge is 2.27. The molecule has 0 radical (unpaired) electrons. The zero-order valence-corrected chi connectivity index (χ0v) is 12.5. The second-order valence-electron chi connectivity index (χ2n) is 6.33. The number of nitrogens with one attached hydrogen (secondary N) is 1. The van der Waals surface area contributed by atoms with E-state index in [-0.39, 0.29) is 5.84 Å². The molecule has 1 aromatic rings. The summed E-state index contributed by atoms with van der Waals surface area (Å²) in [7, 11) is 1.94. The molecule has 0 spiro atoms. The Morgan fingerprint density at radius 2 is 2.00 bits per heavy atom. The number of amidine groups is 1. The number of anilines is 1. The van der Waals surface area contributed by atoms with Crippen molar-refractivity contribution in [1.29, 1.82) is 5.41 Å². The summed E-state index contributed by atoms with van der Waals surface area (Å²) in [5.74, 6) is 1.12. The molecule has 5 heteroatoms. The molecule has 2 rings (SSSR count). The van der Waals surface area contributed by atoms with Gasteiger partial charge in [0.25, 0.3) is 0 Å². The number of aromatic nitrogens is 2. The van der Waals surface area contributed by atoms with Gasteiger partial charge in [0.15, 0.2) is 0 Å². The first-order valence-electron chi connectivity index (χ1n) is 6.95. The first-order valence-corrected chi connectivity index (χ1v) is 6.95. The maximum atomic E-state index is 7.78. The molecule has 1 aliphatic rings. The van der Waals surface area contributed by atoms with E-state index < -0.39 is 0 Å². The van der Waals surface area contributed by atoms with E-state index in [1.54, 1.807) is 0 Å². The van der Waals surface area contributed by atoms with Gasteiger partial charge in [0.1, 0.15) is 11.7 Å². The number of rotatable bonds is 2. The van der Waals surface area contributed by atoms with Gasteiger partial charge in [0.05, 0.1) is 11.3 Å². The van der Waals surface area contributed by atoms with Crippen molar-refractivity contribution in [3.05, 3.63) is 11.3 Å². The van der Waals surface area contributed by atoms with Gasteiger partial charge in [-0.1, -0.05) is 13.8 Å². The van der Waals surface area contributed by atoms with Gasteiger partial charge in [-0.05, 0) is 31.6 Å². The molecule has 3 N–H and O–H groups in total. The van der Waals surface area contributed by atoms with E-state index in [0.717, 1.165) is 36.6 Å². The van der Waals surface area contributed by atoms with Crippen LogP contribution >= 0.6 is 0 Å². The van der Waals surface area contributed by atoms with Gasteiger partial charge in [-0.15, -0.1) is 0 Å². The summed E-state index contributed by atoms with van der Waals surface area (Å²) >= 11 is 0. The predicted octanol–water partition coefficient (Wildman–Crippen LogP) is 2.03. The van der Waals surface area contributed by atoms with E-state index in [0.29, 0.717) is 5.41 Å². The highest BCUT2D eigenvalue weighted by atomic mass is 15.4. The minimum atomic E-state index is 0.115. The second kappa shape index (κ2) is 4.87. The molecule has 0 aromatic carbocycles. The zero-order valence-electron chi connectivity index (χ0n) is 12.5. The van der Waals surface area contributed by atoms with Crippen LogP contribution in [0.3, 0.4) is 0 Å². The third kappa shape index (κ3) is 2.74. The smallest absolute Gasteiger partial charge is 0.137 e. The van der Waals surface area contributed by atoms with Crippen molar-refractivity contribution >= 4 is 11.7 Å². The molecular formula is C14H25N5. The van der Waals surface area contributed by atoms with Crippen molar-refractivity contribution in [2.24, 2.45) is 18.2 Å². The maximum Gasteiger partial charge on any atom is 0.137 e. The molecule has 19 heavy (non-hydrogen) atoms. The van der Waals surface area contributed by atoms with E-state index in [9.17, 15) is 0 Å². The molecule has 1 aliphatic heterocycles. The Labute approximate surface area is 115 Å². The third-order valence-electron chi connectivity index (χ3n) is 4.10. The quantitative estimate of drug-likeness (QED) is 0.633. The van der Waals surface area contributed by atoms with Crippen LogP contribution in [0.15, 0.2) is 0 Å². The Kier molecular flexibility index (Phi) is 3.56. The van der Waals surface area contributed by atoms with Gasteiger partial charge in [0, 0.05) is 20.1 Å². The van der Waals surface area contributed by atoms with Gasteiger partial charge < -0.3 is 10.6 Å². The van der Waals surface area contributed by atoms with E-state index in [1.165, 1.54) is 12.8 Å². The molecule has 0 atom stereocenters. The largest absolute Gasteiger partial charge is 0.384 e.